The van der Waals surface area contributed by atoms with Gasteiger partial charge in [0.1, 0.15) is 11.4 Å². The van der Waals surface area contributed by atoms with Crippen molar-refractivity contribution in [1.29, 1.82) is 0 Å². The molecule has 1 aromatic heterocycles. The van der Waals surface area contributed by atoms with E-state index in [1.807, 2.05) is 18.0 Å². The van der Waals surface area contributed by atoms with E-state index in [4.69, 9.17) is 0 Å². The summed E-state index contributed by atoms with van der Waals surface area (Å²) in [5.41, 5.74) is 2.52. The Hall–Kier alpha value is -1.58. The molecule has 1 unspecified atom stereocenters. The van der Waals surface area contributed by atoms with Gasteiger partial charge in [0.15, 0.2) is 0 Å². The van der Waals surface area contributed by atoms with Crippen LogP contribution in [-0.2, 0) is 12.8 Å². The summed E-state index contributed by atoms with van der Waals surface area (Å²) in [5.74, 6) is 0.312. The van der Waals surface area contributed by atoms with Crippen molar-refractivity contribution in [1.82, 2.24) is 4.98 Å². The third-order valence-electron chi connectivity index (χ3n) is 4.07. The minimum Gasteiger partial charge on any atom is -0.478 e. The van der Waals surface area contributed by atoms with Crippen molar-refractivity contribution in [2.45, 2.75) is 52.5 Å². The maximum atomic E-state index is 11.5. The minimum atomic E-state index is -0.884. The number of aryl methyl sites for hydroxylation is 2. The van der Waals surface area contributed by atoms with Crippen LogP contribution < -0.4 is 4.90 Å². The van der Waals surface area contributed by atoms with Gasteiger partial charge in [0.25, 0.3) is 0 Å². The van der Waals surface area contributed by atoms with Crippen molar-refractivity contribution in [3.63, 3.8) is 0 Å². The summed E-state index contributed by atoms with van der Waals surface area (Å²) in [6.45, 7) is 6.48. The molecule has 0 bridgehead atoms. The van der Waals surface area contributed by atoms with E-state index in [9.17, 15) is 9.90 Å². The molecule has 0 aliphatic heterocycles. The molecule has 1 N–H and O–H groups in total. The van der Waals surface area contributed by atoms with E-state index in [-0.39, 0.29) is 6.04 Å². The SMILES string of the molecule is CC(C)CC(C)N(C)c1nc2c(cc1C(=O)O)CCC2. The zero-order valence-electron chi connectivity index (χ0n) is 12.8. The Morgan fingerprint density at radius 3 is 2.70 bits per heavy atom. The molecule has 0 fully saturated rings. The Bertz CT molecular complexity index is 511. The van der Waals surface area contributed by atoms with Crippen LogP contribution >= 0.6 is 0 Å². The second-order valence-corrected chi connectivity index (χ2v) is 6.21. The van der Waals surface area contributed by atoms with Crippen molar-refractivity contribution in [3.05, 3.63) is 22.9 Å². The fraction of sp³-hybridized carbons (Fsp3) is 0.625. The third kappa shape index (κ3) is 2.94. The van der Waals surface area contributed by atoms with Crippen LogP contribution in [0.15, 0.2) is 6.07 Å². The average Bonchev–Trinajstić information content (AvgIpc) is 2.82. The van der Waals surface area contributed by atoms with Gasteiger partial charge in [-0.3, -0.25) is 0 Å². The standard InChI is InChI=1S/C16H24N2O2/c1-10(2)8-11(3)18(4)15-13(16(19)20)9-12-6-5-7-14(12)17-15/h9-11H,5-8H2,1-4H3,(H,19,20). The van der Waals surface area contributed by atoms with Gasteiger partial charge in [0, 0.05) is 18.8 Å². The molecule has 1 aromatic rings. The van der Waals surface area contributed by atoms with Crippen LogP contribution in [0.4, 0.5) is 5.82 Å². The van der Waals surface area contributed by atoms with Crippen molar-refractivity contribution >= 4 is 11.8 Å². The average molecular weight is 276 g/mol. The highest BCUT2D eigenvalue weighted by Crippen LogP contribution is 2.28. The van der Waals surface area contributed by atoms with Crippen LogP contribution in [0.5, 0.6) is 0 Å². The van der Waals surface area contributed by atoms with Gasteiger partial charge < -0.3 is 10.0 Å². The number of aromatic carboxylic acids is 1. The summed E-state index contributed by atoms with van der Waals surface area (Å²) >= 11 is 0. The summed E-state index contributed by atoms with van der Waals surface area (Å²) in [5, 5.41) is 9.44. The predicted molar refractivity (Wildman–Crippen MR) is 80.5 cm³/mol. The van der Waals surface area contributed by atoms with Crippen LogP contribution in [-0.4, -0.2) is 29.1 Å². The van der Waals surface area contributed by atoms with E-state index in [1.54, 1.807) is 0 Å². The van der Waals surface area contributed by atoms with E-state index >= 15 is 0 Å². The van der Waals surface area contributed by atoms with Crippen LogP contribution in [0.25, 0.3) is 0 Å². The zero-order valence-corrected chi connectivity index (χ0v) is 12.8. The van der Waals surface area contributed by atoms with Gasteiger partial charge in [0.05, 0.1) is 0 Å². The zero-order chi connectivity index (χ0) is 14.9. The number of aromatic nitrogens is 1. The second kappa shape index (κ2) is 5.81. The van der Waals surface area contributed by atoms with Crippen LogP contribution in [0.1, 0.15) is 55.2 Å². The summed E-state index contributed by atoms with van der Waals surface area (Å²) in [4.78, 5) is 18.2. The number of hydrogen-bond donors (Lipinski definition) is 1. The third-order valence-corrected chi connectivity index (χ3v) is 4.07. The number of pyridine rings is 1. The highest BCUT2D eigenvalue weighted by Gasteiger charge is 2.24. The molecule has 0 spiro atoms. The smallest absolute Gasteiger partial charge is 0.339 e. The first-order valence-electron chi connectivity index (χ1n) is 7.39. The molecule has 0 radical (unpaired) electrons. The molecule has 0 saturated heterocycles. The van der Waals surface area contributed by atoms with Gasteiger partial charge in [-0.2, -0.15) is 0 Å². The lowest BCUT2D eigenvalue weighted by molar-refractivity contribution is 0.0697. The Balaban J connectivity index is 2.36. The van der Waals surface area contributed by atoms with E-state index in [0.29, 0.717) is 17.3 Å². The topological polar surface area (TPSA) is 53.4 Å². The van der Waals surface area contributed by atoms with Gasteiger partial charge in [-0.25, -0.2) is 9.78 Å². The van der Waals surface area contributed by atoms with Crippen molar-refractivity contribution in [2.24, 2.45) is 5.92 Å². The molecule has 1 atom stereocenters. The van der Waals surface area contributed by atoms with Crippen LogP contribution in [0.2, 0.25) is 0 Å². The normalized spacial score (nSPS) is 15.2. The first kappa shape index (κ1) is 14.8. The molecule has 110 valence electrons. The monoisotopic (exact) mass is 276 g/mol. The Morgan fingerprint density at radius 1 is 1.40 bits per heavy atom. The number of carbonyl (C=O) groups is 1. The number of anilines is 1. The second-order valence-electron chi connectivity index (χ2n) is 6.21. The summed E-state index contributed by atoms with van der Waals surface area (Å²) < 4.78 is 0. The Morgan fingerprint density at radius 2 is 2.10 bits per heavy atom. The number of rotatable bonds is 5. The molecular formula is C16H24N2O2. The van der Waals surface area contributed by atoms with Crippen molar-refractivity contribution < 1.29 is 9.90 Å². The predicted octanol–water partition coefficient (Wildman–Crippen LogP) is 3.14. The molecule has 0 amide bonds. The molecule has 2 rings (SSSR count). The van der Waals surface area contributed by atoms with Crippen LogP contribution in [0.3, 0.4) is 0 Å². The number of nitrogens with zero attached hydrogens (tertiary/aromatic N) is 2. The quantitative estimate of drug-likeness (QED) is 0.897. The number of fused-ring (bicyclic) bond motifs is 1. The lowest BCUT2D eigenvalue weighted by atomic mass is 10.0. The fourth-order valence-corrected chi connectivity index (χ4v) is 2.94. The molecular weight excluding hydrogens is 252 g/mol. The molecule has 1 aliphatic carbocycles. The molecule has 4 nitrogen and oxygen atoms in total. The molecule has 4 heteroatoms. The Labute approximate surface area is 120 Å². The van der Waals surface area contributed by atoms with Gasteiger partial charge in [-0.15, -0.1) is 0 Å². The minimum absolute atomic E-state index is 0.278. The summed E-state index contributed by atoms with van der Waals surface area (Å²) in [6, 6.07) is 2.10. The lowest BCUT2D eigenvalue weighted by Gasteiger charge is -2.29. The molecule has 1 heterocycles. The largest absolute Gasteiger partial charge is 0.478 e. The van der Waals surface area contributed by atoms with E-state index < -0.39 is 5.97 Å². The highest BCUT2D eigenvalue weighted by atomic mass is 16.4. The number of carboxylic acids is 1. The van der Waals surface area contributed by atoms with Gasteiger partial charge in [-0.1, -0.05) is 13.8 Å². The van der Waals surface area contributed by atoms with Gasteiger partial charge in [-0.05, 0) is 50.2 Å². The number of carboxylic acid groups (broad SMARTS) is 1. The molecule has 0 saturated carbocycles. The first-order chi connectivity index (χ1) is 9.40. The molecule has 20 heavy (non-hydrogen) atoms. The summed E-state index contributed by atoms with van der Waals surface area (Å²) in [6.07, 6.45) is 4.02. The van der Waals surface area contributed by atoms with E-state index in [0.717, 1.165) is 36.9 Å². The van der Waals surface area contributed by atoms with Crippen molar-refractivity contribution in [2.75, 3.05) is 11.9 Å². The number of hydrogen-bond acceptors (Lipinski definition) is 3. The van der Waals surface area contributed by atoms with Gasteiger partial charge >= 0.3 is 5.97 Å². The van der Waals surface area contributed by atoms with E-state index in [1.165, 1.54) is 0 Å². The van der Waals surface area contributed by atoms with Crippen LogP contribution in [0, 0.1) is 5.92 Å². The summed E-state index contributed by atoms with van der Waals surface area (Å²) in [7, 11) is 1.95. The highest BCUT2D eigenvalue weighted by molar-refractivity contribution is 5.93. The maximum Gasteiger partial charge on any atom is 0.339 e. The molecule has 1 aliphatic rings. The first-order valence-corrected chi connectivity index (χ1v) is 7.39. The Kier molecular flexibility index (Phi) is 4.31. The van der Waals surface area contributed by atoms with Gasteiger partial charge in [0.2, 0.25) is 0 Å². The van der Waals surface area contributed by atoms with Crippen molar-refractivity contribution in [3.8, 4) is 0 Å². The lowest BCUT2D eigenvalue weighted by Crippen LogP contribution is -2.32. The van der Waals surface area contributed by atoms with E-state index in [2.05, 4.69) is 25.8 Å². The molecule has 0 aromatic carbocycles. The fourth-order valence-electron chi connectivity index (χ4n) is 2.94. The maximum absolute atomic E-state index is 11.5.